The molecule has 1 saturated heterocycles. The van der Waals surface area contributed by atoms with E-state index in [1.807, 2.05) is 0 Å². The van der Waals surface area contributed by atoms with Gasteiger partial charge in [-0.2, -0.15) is 0 Å². The summed E-state index contributed by atoms with van der Waals surface area (Å²) in [5, 5.41) is 9.43. The van der Waals surface area contributed by atoms with Crippen LogP contribution in [-0.2, 0) is 9.59 Å². The average Bonchev–Trinajstić information content (AvgIpc) is 3.11. The number of carbonyl (C=O) groups is 2. The van der Waals surface area contributed by atoms with Crippen molar-refractivity contribution in [2.75, 3.05) is 5.75 Å². The number of hydrogen-bond donors (Lipinski definition) is 1. The number of nitrogens with zero attached hydrogens (tertiary/aromatic N) is 1. The summed E-state index contributed by atoms with van der Waals surface area (Å²) in [6.45, 7) is 4.14. The lowest BCUT2D eigenvalue weighted by molar-refractivity contribution is -0.152. The number of amides is 1. The van der Waals surface area contributed by atoms with Gasteiger partial charge in [0.15, 0.2) is 0 Å². The summed E-state index contributed by atoms with van der Waals surface area (Å²) in [4.78, 5) is 26.1. The van der Waals surface area contributed by atoms with E-state index in [1.165, 1.54) is 12.8 Å². The second-order valence-corrected chi connectivity index (χ2v) is 8.00. The van der Waals surface area contributed by atoms with Crippen molar-refractivity contribution in [2.45, 2.75) is 50.9 Å². The Labute approximate surface area is 124 Å². The molecule has 1 heterocycles. The molecule has 0 aromatic rings. The molecule has 0 radical (unpaired) electrons. The Balaban J connectivity index is 1.80. The zero-order valence-corrected chi connectivity index (χ0v) is 12.9. The molecular formula is C15H23NO3S. The van der Waals surface area contributed by atoms with Crippen LogP contribution in [0.3, 0.4) is 0 Å². The summed E-state index contributed by atoms with van der Waals surface area (Å²) in [5.74, 6) is 1.42. The highest BCUT2D eigenvalue weighted by molar-refractivity contribution is 8.00. The first-order chi connectivity index (χ1) is 9.49. The molecule has 20 heavy (non-hydrogen) atoms. The first kappa shape index (κ1) is 14.2. The molecule has 3 fully saturated rings. The molecule has 1 aliphatic heterocycles. The summed E-state index contributed by atoms with van der Waals surface area (Å²) in [6, 6.07) is -0.626. The van der Waals surface area contributed by atoms with Crippen LogP contribution >= 0.6 is 11.8 Å². The van der Waals surface area contributed by atoms with Crippen LogP contribution in [0.1, 0.15) is 39.5 Å². The Kier molecular flexibility index (Phi) is 3.73. The Bertz CT molecular complexity index is 425. The summed E-state index contributed by atoms with van der Waals surface area (Å²) in [6.07, 6.45) is 4.59. The third-order valence-corrected chi connectivity index (χ3v) is 6.82. The van der Waals surface area contributed by atoms with Crippen molar-refractivity contribution in [1.29, 1.82) is 0 Å². The van der Waals surface area contributed by atoms with Gasteiger partial charge in [-0.05, 0) is 37.0 Å². The quantitative estimate of drug-likeness (QED) is 0.869. The summed E-state index contributed by atoms with van der Waals surface area (Å²) >= 11 is 1.63. The molecule has 5 unspecified atom stereocenters. The first-order valence-electron chi connectivity index (χ1n) is 7.65. The van der Waals surface area contributed by atoms with Crippen LogP contribution in [-0.4, -0.2) is 39.1 Å². The van der Waals surface area contributed by atoms with Gasteiger partial charge in [0.1, 0.15) is 6.04 Å². The molecule has 0 aromatic heterocycles. The zero-order valence-electron chi connectivity index (χ0n) is 12.1. The molecule has 3 rings (SSSR count). The van der Waals surface area contributed by atoms with Crippen molar-refractivity contribution in [3.8, 4) is 0 Å². The predicted octanol–water partition coefficient (Wildman–Crippen LogP) is 2.43. The van der Waals surface area contributed by atoms with E-state index in [9.17, 15) is 14.7 Å². The van der Waals surface area contributed by atoms with Gasteiger partial charge in [0.2, 0.25) is 5.91 Å². The minimum atomic E-state index is -0.850. The predicted molar refractivity (Wildman–Crippen MR) is 78.3 cm³/mol. The van der Waals surface area contributed by atoms with Gasteiger partial charge >= 0.3 is 5.97 Å². The molecule has 112 valence electrons. The fraction of sp³-hybridized carbons (Fsp3) is 0.867. The maximum Gasteiger partial charge on any atom is 0.327 e. The molecule has 2 saturated carbocycles. The smallest absolute Gasteiger partial charge is 0.327 e. The molecule has 1 amide bonds. The van der Waals surface area contributed by atoms with E-state index in [1.54, 1.807) is 16.7 Å². The number of hydrogen-bond acceptors (Lipinski definition) is 3. The topological polar surface area (TPSA) is 57.6 Å². The Morgan fingerprint density at radius 2 is 2.00 bits per heavy atom. The van der Waals surface area contributed by atoms with Gasteiger partial charge in [-0.1, -0.05) is 20.3 Å². The first-order valence-corrected chi connectivity index (χ1v) is 8.70. The SMILES string of the molecule is CC(C)C1SCC(C(=O)O)N1C(=O)C1CC2CCC1C2. The van der Waals surface area contributed by atoms with Gasteiger partial charge in [-0.15, -0.1) is 11.8 Å². The van der Waals surface area contributed by atoms with Crippen molar-refractivity contribution >= 4 is 23.6 Å². The Morgan fingerprint density at radius 1 is 1.25 bits per heavy atom. The number of thioether (sulfide) groups is 1. The van der Waals surface area contributed by atoms with Crippen LogP contribution in [0, 0.1) is 23.7 Å². The number of carbonyl (C=O) groups excluding carboxylic acids is 1. The lowest BCUT2D eigenvalue weighted by Gasteiger charge is -2.34. The Morgan fingerprint density at radius 3 is 2.50 bits per heavy atom. The van der Waals surface area contributed by atoms with Crippen LogP contribution in [0.5, 0.6) is 0 Å². The van der Waals surface area contributed by atoms with Crippen LogP contribution < -0.4 is 0 Å². The van der Waals surface area contributed by atoms with Gasteiger partial charge in [0.25, 0.3) is 0 Å². The minimum Gasteiger partial charge on any atom is -0.480 e. The van der Waals surface area contributed by atoms with Crippen molar-refractivity contribution in [3.05, 3.63) is 0 Å². The standard InChI is InChI=1S/C15H23NO3S/c1-8(2)14-16(12(7-20-14)15(18)19)13(17)11-6-9-3-4-10(11)5-9/h8-12,14H,3-7H2,1-2H3,(H,18,19). The lowest BCUT2D eigenvalue weighted by Crippen LogP contribution is -2.50. The fourth-order valence-corrected chi connectivity index (χ4v) is 5.73. The average molecular weight is 297 g/mol. The molecule has 2 aliphatic carbocycles. The maximum absolute atomic E-state index is 12.9. The highest BCUT2D eigenvalue weighted by Crippen LogP contribution is 2.50. The van der Waals surface area contributed by atoms with E-state index in [2.05, 4.69) is 13.8 Å². The number of carboxylic acids is 1. The summed E-state index contributed by atoms with van der Waals surface area (Å²) in [7, 11) is 0. The van der Waals surface area contributed by atoms with Crippen molar-refractivity contribution < 1.29 is 14.7 Å². The molecule has 4 nitrogen and oxygen atoms in total. The summed E-state index contributed by atoms with van der Waals surface area (Å²) in [5.41, 5.74) is 0. The normalized spacial score (nSPS) is 39.8. The number of aliphatic carboxylic acids is 1. The monoisotopic (exact) mass is 297 g/mol. The Hall–Kier alpha value is -0.710. The van der Waals surface area contributed by atoms with Crippen molar-refractivity contribution in [2.24, 2.45) is 23.7 Å². The molecular weight excluding hydrogens is 274 g/mol. The molecule has 1 N–H and O–H groups in total. The zero-order chi connectivity index (χ0) is 14.4. The maximum atomic E-state index is 12.9. The third-order valence-electron chi connectivity index (χ3n) is 5.20. The van der Waals surface area contributed by atoms with E-state index >= 15 is 0 Å². The molecule has 5 heteroatoms. The van der Waals surface area contributed by atoms with Gasteiger partial charge in [-0.25, -0.2) is 4.79 Å². The molecule has 5 atom stereocenters. The van der Waals surface area contributed by atoms with E-state index in [4.69, 9.17) is 0 Å². The van der Waals surface area contributed by atoms with Crippen LogP contribution in [0.2, 0.25) is 0 Å². The third kappa shape index (κ3) is 2.24. The van der Waals surface area contributed by atoms with Crippen molar-refractivity contribution in [3.63, 3.8) is 0 Å². The second kappa shape index (κ2) is 5.24. The van der Waals surface area contributed by atoms with E-state index in [0.717, 1.165) is 12.8 Å². The second-order valence-electron chi connectivity index (χ2n) is 6.85. The van der Waals surface area contributed by atoms with E-state index in [-0.39, 0.29) is 17.2 Å². The van der Waals surface area contributed by atoms with E-state index in [0.29, 0.717) is 23.5 Å². The van der Waals surface area contributed by atoms with E-state index < -0.39 is 12.0 Å². The van der Waals surface area contributed by atoms with Gasteiger partial charge in [0, 0.05) is 11.7 Å². The summed E-state index contributed by atoms with van der Waals surface area (Å²) < 4.78 is 0. The largest absolute Gasteiger partial charge is 0.480 e. The van der Waals surface area contributed by atoms with Crippen LogP contribution in [0.4, 0.5) is 0 Å². The van der Waals surface area contributed by atoms with Crippen molar-refractivity contribution in [1.82, 2.24) is 4.90 Å². The van der Waals surface area contributed by atoms with Crippen LogP contribution in [0.25, 0.3) is 0 Å². The number of rotatable bonds is 3. The van der Waals surface area contributed by atoms with Gasteiger partial charge in [-0.3, -0.25) is 4.79 Å². The fourth-order valence-electron chi connectivity index (χ4n) is 4.25. The highest BCUT2D eigenvalue weighted by Gasteiger charge is 2.50. The number of fused-ring (bicyclic) bond motifs is 2. The highest BCUT2D eigenvalue weighted by atomic mass is 32.2. The molecule has 2 bridgehead atoms. The van der Waals surface area contributed by atoms with Crippen LogP contribution in [0.15, 0.2) is 0 Å². The molecule has 0 aromatic carbocycles. The molecule has 0 spiro atoms. The van der Waals surface area contributed by atoms with Gasteiger partial charge in [0.05, 0.1) is 5.37 Å². The lowest BCUT2D eigenvalue weighted by atomic mass is 9.87. The number of carboxylic acid groups (broad SMARTS) is 1. The molecule has 3 aliphatic rings. The van der Waals surface area contributed by atoms with Gasteiger partial charge < -0.3 is 10.0 Å². The minimum absolute atomic E-state index is 0.0303.